The van der Waals surface area contributed by atoms with Gasteiger partial charge in [0.1, 0.15) is 5.82 Å². The lowest BCUT2D eigenvalue weighted by atomic mass is 10.0. The van der Waals surface area contributed by atoms with Crippen LogP contribution in [-0.2, 0) is 13.0 Å². The van der Waals surface area contributed by atoms with Crippen molar-refractivity contribution in [1.29, 1.82) is 0 Å². The van der Waals surface area contributed by atoms with E-state index in [2.05, 4.69) is 15.1 Å². The molecule has 2 aromatic carbocycles. The minimum atomic E-state index is -0.259. The number of aromatic amines is 1. The van der Waals surface area contributed by atoms with Crippen LogP contribution < -0.4 is 4.90 Å². The highest BCUT2D eigenvalue weighted by Gasteiger charge is 2.31. The van der Waals surface area contributed by atoms with Gasteiger partial charge in [-0.2, -0.15) is 5.10 Å². The number of nitrogens with one attached hydrogen (secondary N) is 1. The molecule has 0 aliphatic carbocycles. The van der Waals surface area contributed by atoms with E-state index in [1.165, 1.54) is 12.1 Å². The molecule has 1 N–H and O–H groups in total. The number of H-pyrrole nitrogens is 1. The Hall–Kier alpha value is -3.68. The summed E-state index contributed by atoms with van der Waals surface area (Å²) < 4.78 is 13.2. The highest BCUT2D eigenvalue weighted by molar-refractivity contribution is 5.96. The highest BCUT2D eigenvalue weighted by atomic mass is 19.1. The first-order valence-corrected chi connectivity index (χ1v) is 11.2. The number of benzene rings is 2. The van der Waals surface area contributed by atoms with Gasteiger partial charge in [0.2, 0.25) is 0 Å². The van der Waals surface area contributed by atoms with E-state index in [4.69, 9.17) is 0 Å². The van der Waals surface area contributed by atoms with Crippen LogP contribution in [0, 0.1) is 12.7 Å². The fourth-order valence-corrected chi connectivity index (χ4v) is 4.58. The Morgan fingerprint density at radius 2 is 1.70 bits per heavy atom. The average Bonchev–Trinajstić information content (AvgIpc) is 3.27. The van der Waals surface area contributed by atoms with Gasteiger partial charge < -0.3 is 14.7 Å². The van der Waals surface area contributed by atoms with E-state index >= 15 is 0 Å². The summed E-state index contributed by atoms with van der Waals surface area (Å²) in [6.07, 6.45) is 0.644. The number of hydrogen-bond donors (Lipinski definition) is 1. The Kier molecular flexibility index (Phi) is 5.58. The molecule has 3 heterocycles. The molecule has 33 heavy (non-hydrogen) atoms. The fourth-order valence-electron chi connectivity index (χ4n) is 4.58. The van der Waals surface area contributed by atoms with Gasteiger partial charge in [0, 0.05) is 61.7 Å². The van der Waals surface area contributed by atoms with Crippen LogP contribution in [0.1, 0.15) is 37.7 Å². The molecular weight excluding hydrogens is 421 g/mol. The van der Waals surface area contributed by atoms with E-state index in [0.29, 0.717) is 56.9 Å². The Bertz CT molecular complexity index is 1180. The molecule has 1 aromatic heterocycles. The molecule has 0 bridgehead atoms. The quantitative estimate of drug-likeness (QED) is 0.670. The summed E-state index contributed by atoms with van der Waals surface area (Å²) in [5.74, 6) is -0.404. The number of carbonyl (C=O) groups excluding carboxylic acids is 2. The standard InChI is InChI=1S/C25H26FN5O2/c1-17-3-2-4-18(15-17)24(32)31-10-9-22-21(16-31)23(28-27-22)25(33)30-13-11-29(12-14-30)20-7-5-19(26)6-8-20/h2-8,15H,9-14,16H2,1H3,(H,27,28). The minimum Gasteiger partial charge on any atom is -0.368 e. The van der Waals surface area contributed by atoms with Crippen LogP contribution in [0.4, 0.5) is 10.1 Å². The Labute approximate surface area is 191 Å². The van der Waals surface area contributed by atoms with Gasteiger partial charge in [-0.1, -0.05) is 17.7 Å². The largest absolute Gasteiger partial charge is 0.368 e. The summed E-state index contributed by atoms with van der Waals surface area (Å²) in [6, 6.07) is 14.0. The lowest BCUT2D eigenvalue weighted by molar-refractivity contribution is 0.0709. The van der Waals surface area contributed by atoms with Gasteiger partial charge in [-0.3, -0.25) is 14.7 Å². The first kappa shape index (κ1) is 21.2. The maximum Gasteiger partial charge on any atom is 0.274 e. The van der Waals surface area contributed by atoms with E-state index in [0.717, 1.165) is 22.5 Å². The van der Waals surface area contributed by atoms with Crippen molar-refractivity contribution in [2.24, 2.45) is 0 Å². The zero-order chi connectivity index (χ0) is 22.9. The molecule has 0 radical (unpaired) electrons. The second-order valence-corrected chi connectivity index (χ2v) is 8.63. The molecule has 8 heteroatoms. The number of hydrogen-bond acceptors (Lipinski definition) is 4. The highest BCUT2D eigenvalue weighted by Crippen LogP contribution is 2.24. The topological polar surface area (TPSA) is 72.5 Å². The number of halogens is 1. The molecule has 7 nitrogen and oxygen atoms in total. The van der Waals surface area contributed by atoms with Gasteiger partial charge >= 0.3 is 0 Å². The SMILES string of the molecule is Cc1cccc(C(=O)N2CCc3[nH]nc(C(=O)N4CCN(c5ccc(F)cc5)CC4)c3C2)c1. The summed E-state index contributed by atoms with van der Waals surface area (Å²) in [7, 11) is 0. The van der Waals surface area contributed by atoms with Crippen LogP contribution in [0.3, 0.4) is 0 Å². The molecule has 0 saturated carbocycles. The maximum atomic E-state index is 13.3. The van der Waals surface area contributed by atoms with Gasteiger partial charge in [-0.25, -0.2) is 4.39 Å². The third-order valence-electron chi connectivity index (χ3n) is 6.45. The number of rotatable bonds is 3. The van der Waals surface area contributed by atoms with Crippen LogP contribution >= 0.6 is 0 Å². The number of amides is 2. The number of fused-ring (bicyclic) bond motifs is 1. The fraction of sp³-hybridized carbons (Fsp3) is 0.320. The van der Waals surface area contributed by atoms with E-state index in [1.807, 2.05) is 31.2 Å². The number of aromatic nitrogens is 2. The minimum absolute atomic E-state index is 0.0307. The predicted octanol–water partition coefficient (Wildman–Crippen LogP) is 3.02. The van der Waals surface area contributed by atoms with Crippen LogP contribution in [0.2, 0.25) is 0 Å². The van der Waals surface area contributed by atoms with Crippen LogP contribution in [0.15, 0.2) is 48.5 Å². The number of carbonyl (C=O) groups is 2. The van der Waals surface area contributed by atoms with Gasteiger partial charge in [-0.15, -0.1) is 0 Å². The molecule has 2 aliphatic heterocycles. The first-order valence-electron chi connectivity index (χ1n) is 11.2. The van der Waals surface area contributed by atoms with Crippen LogP contribution in [0.25, 0.3) is 0 Å². The molecule has 1 fully saturated rings. The number of piperazine rings is 1. The third kappa shape index (κ3) is 4.20. The summed E-state index contributed by atoms with van der Waals surface area (Å²) in [5.41, 5.74) is 4.79. The van der Waals surface area contributed by atoms with Crippen molar-refractivity contribution < 1.29 is 14.0 Å². The zero-order valence-electron chi connectivity index (χ0n) is 18.6. The molecule has 2 amide bonds. The second-order valence-electron chi connectivity index (χ2n) is 8.63. The molecule has 3 aromatic rings. The van der Waals surface area contributed by atoms with Crippen molar-refractivity contribution >= 4 is 17.5 Å². The number of aryl methyl sites for hydroxylation is 1. The van der Waals surface area contributed by atoms with Crippen molar-refractivity contribution in [3.05, 3.63) is 82.4 Å². The van der Waals surface area contributed by atoms with E-state index < -0.39 is 0 Å². The second kappa shape index (κ2) is 8.69. The molecule has 0 spiro atoms. The average molecular weight is 448 g/mol. The Morgan fingerprint density at radius 3 is 2.42 bits per heavy atom. The van der Waals surface area contributed by atoms with Crippen molar-refractivity contribution in [2.75, 3.05) is 37.6 Å². The van der Waals surface area contributed by atoms with Gasteiger partial charge in [0.15, 0.2) is 5.69 Å². The third-order valence-corrected chi connectivity index (χ3v) is 6.45. The monoisotopic (exact) mass is 447 g/mol. The molecule has 2 aliphatic rings. The van der Waals surface area contributed by atoms with Gasteiger partial charge in [0.25, 0.3) is 11.8 Å². The van der Waals surface area contributed by atoms with Gasteiger partial charge in [0.05, 0.1) is 6.54 Å². The molecule has 0 atom stereocenters. The molecular formula is C25H26FN5O2. The Balaban J connectivity index is 1.27. The predicted molar refractivity (Wildman–Crippen MR) is 123 cm³/mol. The van der Waals surface area contributed by atoms with Crippen molar-refractivity contribution in [2.45, 2.75) is 19.9 Å². The summed E-state index contributed by atoms with van der Waals surface area (Å²) in [5, 5.41) is 7.34. The molecule has 170 valence electrons. The molecule has 0 unspecified atom stereocenters. The first-order chi connectivity index (χ1) is 16.0. The van der Waals surface area contributed by atoms with Crippen LogP contribution in [-0.4, -0.2) is 64.5 Å². The van der Waals surface area contributed by atoms with Crippen molar-refractivity contribution in [1.82, 2.24) is 20.0 Å². The van der Waals surface area contributed by atoms with Crippen molar-refractivity contribution in [3.8, 4) is 0 Å². The maximum absolute atomic E-state index is 13.3. The normalized spacial score (nSPS) is 16.0. The smallest absolute Gasteiger partial charge is 0.274 e. The summed E-state index contributed by atoms with van der Waals surface area (Å²) in [6.45, 7) is 5.38. The van der Waals surface area contributed by atoms with Crippen LogP contribution in [0.5, 0.6) is 0 Å². The summed E-state index contributed by atoms with van der Waals surface area (Å²) in [4.78, 5) is 32.0. The molecule has 5 rings (SSSR count). The van der Waals surface area contributed by atoms with E-state index in [9.17, 15) is 14.0 Å². The van der Waals surface area contributed by atoms with Crippen molar-refractivity contribution in [3.63, 3.8) is 0 Å². The van der Waals surface area contributed by atoms with E-state index in [-0.39, 0.29) is 17.6 Å². The van der Waals surface area contributed by atoms with Gasteiger partial charge in [-0.05, 0) is 43.3 Å². The zero-order valence-corrected chi connectivity index (χ0v) is 18.6. The summed E-state index contributed by atoms with van der Waals surface area (Å²) >= 11 is 0. The lowest BCUT2D eigenvalue weighted by Gasteiger charge is -2.36. The Morgan fingerprint density at radius 1 is 0.939 bits per heavy atom. The lowest BCUT2D eigenvalue weighted by Crippen LogP contribution is -2.49. The number of nitrogens with zero attached hydrogens (tertiary/aromatic N) is 4. The number of anilines is 1. The van der Waals surface area contributed by atoms with E-state index in [1.54, 1.807) is 21.9 Å². The molecule has 1 saturated heterocycles.